The number of aliphatic hydroxyl groups excluding tert-OH is 1. The zero-order valence-corrected chi connectivity index (χ0v) is 10.3. The van der Waals surface area contributed by atoms with Crippen LogP contribution in [0.15, 0.2) is 23.1 Å². The van der Waals surface area contributed by atoms with Crippen LogP contribution < -0.4 is 4.72 Å². The topological polar surface area (TPSA) is 66.4 Å². The van der Waals surface area contributed by atoms with Crippen LogP contribution in [0.3, 0.4) is 0 Å². The second-order valence-electron chi connectivity index (χ2n) is 4.47. The fourth-order valence-corrected chi connectivity index (χ4v) is 3.46. The Hall–Kier alpha value is -1.05. The highest BCUT2D eigenvalue weighted by Crippen LogP contribution is 2.33. The zero-order chi connectivity index (χ0) is 13.4. The van der Waals surface area contributed by atoms with E-state index in [1.807, 2.05) is 0 Å². The van der Waals surface area contributed by atoms with E-state index in [4.69, 9.17) is 0 Å². The van der Waals surface area contributed by atoms with Crippen molar-refractivity contribution in [3.05, 3.63) is 29.8 Å². The second kappa shape index (κ2) is 4.56. The normalized spacial score (nSPS) is 18.4. The Labute approximate surface area is 104 Å². The molecule has 0 amide bonds. The molecular weight excluding hydrogens is 264 g/mol. The molecule has 0 atom stereocenters. The standard InChI is InChI=1S/C11H13F2NO3S/c12-8-2-3-9(13)10(6-8)18(16,17)14-11(7-15)4-1-5-11/h2-3,6,14-15H,1,4-5,7H2. The highest BCUT2D eigenvalue weighted by molar-refractivity contribution is 7.89. The molecule has 1 saturated carbocycles. The Balaban J connectivity index is 2.33. The van der Waals surface area contributed by atoms with Gasteiger partial charge in [-0.15, -0.1) is 0 Å². The predicted molar refractivity (Wildman–Crippen MR) is 60.3 cm³/mol. The fourth-order valence-electron chi connectivity index (χ4n) is 1.92. The molecule has 0 aromatic heterocycles. The van der Waals surface area contributed by atoms with Gasteiger partial charge in [0.15, 0.2) is 0 Å². The van der Waals surface area contributed by atoms with Crippen LogP contribution in [0.5, 0.6) is 0 Å². The van der Waals surface area contributed by atoms with Crippen molar-refractivity contribution in [3.8, 4) is 0 Å². The maximum Gasteiger partial charge on any atom is 0.244 e. The summed E-state index contributed by atoms with van der Waals surface area (Å²) < 4.78 is 52.5. The fraction of sp³-hybridized carbons (Fsp3) is 0.455. The van der Waals surface area contributed by atoms with E-state index in [0.29, 0.717) is 18.9 Å². The van der Waals surface area contributed by atoms with Gasteiger partial charge in [-0.3, -0.25) is 0 Å². The molecule has 100 valence electrons. The van der Waals surface area contributed by atoms with E-state index in [1.54, 1.807) is 0 Å². The van der Waals surface area contributed by atoms with E-state index in [9.17, 15) is 22.3 Å². The Bertz CT molecular complexity index is 550. The van der Waals surface area contributed by atoms with Crippen LogP contribution in [-0.4, -0.2) is 25.7 Å². The molecule has 0 radical (unpaired) electrons. The Morgan fingerprint density at radius 2 is 2.00 bits per heavy atom. The molecule has 1 fully saturated rings. The summed E-state index contributed by atoms with van der Waals surface area (Å²) in [6, 6.07) is 2.23. The molecule has 1 aliphatic carbocycles. The SMILES string of the molecule is O=S(=O)(NC1(CO)CCC1)c1cc(F)ccc1F. The van der Waals surface area contributed by atoms with Crippen LogP contribution >= 0.6 is 0 Å². The maximum atomic E-state index is 13.4. The van der Waals surface area contributed by atoms with Crippen molar-refractivity contribution in [1.82, 2.24) is 4.72 Å². The van der Waals surface area contributed by atoms with E-state index in [-0.39, 0.29) is 6.61 Å². The molecule has 0 spiro atoms. The molecule has 1 aliphatic rings. The number of hydrogen-bond donors (Lipinski definition) is 2. The highest BCUT2D eigenvalue weighted by atomic mass is 32.2. The Morgan fingerprint density at radius 3 is 2.50 bits per heavy atom. The van der Waals surface area contributed by atoms with Gasteiger partial charge >= 0.3 is 0 Å². The van der Waals surface area contributed by atoms with Gasteiger partial charge < -0.3 is 5.11 Å². The number of hydrogen-bond acceptors (Lipinski definition) is 3. The van der Waals surface area contributed by atoms with Crippen LogP contribution in [-0.2, 0) is 10.0 Å². The lowest BCUT2D eigenvalue weighted by atomic mass is 9.78. The largest absolute Gasteiger partial charge is 0.394 e. The summed E-state index contributed by atoms with van der Waals surface area (Å²) in [6.45, 7) is -0.358. The molecule has 0 heterocycles. The van der Waals surface area contributed by atoms with Crippen molar-refractivity contribution in [2.45, 2.75) is 29.7 Å². The second-order valence-corrected chi connectivity index (χ2v) is 6.12. The molecular formula is C11H13F2NO3S. The average Bonchev–Trinajstić information content (AvgIpc) is 2.27. The average molecular weight is 277 g/mol. The van der Waals surface area contributed by atoms with Gasteiger partial charge in [0.05, 0.1) is 12.1 Å². The molecule has 0 aliphatic heterocycles. The van der Waals surface area contributed by atoms with E-state index in [0.717, 1.165) is 18.6 Å². The molecule has 1 aromatic carbocycles. The number of aliphatic hydroxyl groups is 1. The van der Waals surface area contributed by atoms with Crippen molar-refractivity contribution in [2.75, 3.05) is 6.61 Å². The predicted octanol–water partition coefficient (Wildman–Crippen LogP) is 1.16. The Kier molecular flexibility index (Phi) is 3.39. The van der Waals surface area contributed by atoms with E-state index >= 15 is 0 Å². The third-order valence-corrected chi connectivity index (χ3v) is 4.74. The lowest BCUT2D eigenvalue weighted by molar-refractivity contribution is 0.110. The van der Waals surface area contributed by atoms with Gasteiger partial charge in [-0.1, -0.05) is 0 Å². The number of sulfonamides is 1. The molecule has 2 rings (SSSR count). The van der Waals surface area contributed by atoms with Gasteiger partial charge in [0.25, 0.3) is 0 Å². The van der Waals surface area contributed by atoms with Crippen LogP contribution in [0.25, 0.3) is 0 Å². The van der Waals surface area contributed by atoms with Gasteiger partial charge in [-0.25, -0.2) is 21.9 Å². The maximum absolute atomic E-state index is 13.4. The third kappa shape index (κ3) is 2.38. The minimum atomic E-state index is -4.17. The summed E-state index contributed by atoms with van der Waals surface area (Å²) >= 11 is 0. The summed E-state index contributed by atoms with van der Waals surface area (Å²) in [5.74, 6) is -1.85. The van der Waals surface area contributed by atoms with Gasteiger partial charge in [-0.2, -0.15) is 0 Å². The van der Waals surface area contributed by atoms with Crippen molar-refractivity contribution in [1.29, 1.82) is 0 Å². The van der Waals surface area contributed by atoms with Crippen LogP contribution in [0, 0.1) is 11.6 Å². The summed E-state index contributed by atoms with van der Waals surface area (Å²) in [6.07, 6.45) is 1.76. The molecule has 18 heavy (non-hydrogen) atoms. The lowest BCUT2D eigenvalue weighted by Gasteiger charge is -2.40. The van der Waals surface area contributed by atoms with E-state index in [2.05, 4.69) is 4.72 Å². The zero-order valence-electron chi connectivity index (χ0n) is 9.49. The molecule has 0 saturated heterocycles. The quantitative estimate of drug-likeness (QED) is 0.868. The molecule has 0 unspecified atom stereocenters. The van der Waals surface area contributed by atoms with Gasteiger partial charge in [-0.05, 0) is 37.5 Å². The number of benzene rings is 1. The summed E-state index contributed by atoms with van der Waals surface area (Å²) in [5.41, 5.74) is -0.933. The van der Waals surface area contributed by atoms with Crippen molar-refractivity contribution in [3.63, 3.8) is 0 Å². The minimum absolute atomic E-state index is 0.358. The molecule has 1 aromatic rings. The van der Waals surface area contributed by atoms with Crippen molar-refractivity contribution >= 4 is 10.0 Å². The molecule has 2 N–H and O–H groups in total. The number of nitrogens with one attached hydrogen (secondary N) is 1. The monoisotopic (exact) mass is 277 g/mol. The molecule has 0 bridgehead atoms. The molecule has 7 heteroatoms. The van der Waals surface area contributed by atoms with Crippen LogP contribution in [0.2, 0.25) is 0 Å². The van der Waals surface area contributed by atoms with Crippen LogP contribution in [0.4, 0.5) is 8.78 Å². The summed E-state index contributed by atoms with van der Waals surface area (Å²) in [7, 11) is -4.17. The summed E-state index contributed by atoms with van der Waals surface area (Å²) in [4.78, 5) is -0.734. The number of rotatable bonds is 4. The minimum Gasteiger partial charge on any atom is -0.394 e. The van der Waals surface area contributed by atoms with Gasteiger partial charge in [0, 0.05) is 0 Å². The number of halogens is 2. The van der Waals surface area contributed by atoms with Gasteiger partial charge in [0.2, 0.25) is 10.0 Å². The first kappa shape index (κ1) is 13.4. The first-order valence-corrected chi connectivity index (χ1v) is 6.97. The van der Waals surface area contributed by atoms with Crippen LogP contribution in [0.1, 0.15) is 19.3 Å². The first-order chi connectivity index (χ1) is 8.38. The van der Waals surface area contributed by atoms with Crippen molar-refractivity contribution in [2.24, 2.45) is 0 Å². The van der Waals surface area contributed by atoms with Crippen molar-refractivity contribution < 1.29 is 22.3 Å². The third-order valence-electron chi connectivity index (χ3n) is 3.15. The Morgan fingerprint density at radius 1 is 1.33 bits per heavy atom. The van der Waals surface area contributed by atoms with Gasteiger partial charge in [0.1, 0.15) is 16.5 Å². The van der Waals surface area contributed by atoms with E-state index < -0.39 is 32.1 Å². The first-order valence-electron chi connectivity index (χ1n) is 5.48. The highest BCUT2D eigenvalue weighted by Gasteiger charge is 2.40. The lowest BCUT2D eigenvalue weighted by Crippen LogP contribution is -2.56. The summed E-state index contributed by atoms with van der Waals surface area (Å²) in [5, 5.41) is 9.18. The smallest absolute Gasteiger partial charge is 0.244 e. The molecule has 4 nitrogen and oxygen atoms in total. The van der Waals surface area contributed by atoms with E-state index in [1.165, 1.54) is 0 Å².